The SMILES string of the molecule is C=Cc1ccc(C[N+]2(C)CCCC2)cc1. The van der Waals surface area contributed by atoms with Gasteiger partial charge in [-0.3, -0.25) is 0 Å². The molecule has 0 spiro atoms. The van der Waals surface area contributed by atoms with Crippen LogP contribution in [-0.2, 0) is 6.54 Å². The second-order valence-corrected chi connectivity index (χ2v) is 4.88. The lowest BCUT2D eigenvalue weighted by molar-refractivity contribution is -0.910. The van der Waals surface area contributed by atoms with E-state index in [1.165, 1.54) is 48.1 Å². The van der Waals surface area contributed by atoms with Gasteiger partial charge in [-0.2, -0.15) is 0 Å². The van der Waals surface area contributed by atoms with Crippen molar-refractivity contribution in [3.05, 3.63) is 42.0 Å². The molecule has 1 aromatic rings. The molecule has 1 heteroatoms. The van der Waals surface area contributed by atoms with Crippen LogP contribution >= 0.6 is 0 Å². The van der Waals surface area contributed by atoms with E-state index in [1.54, 1.807) is 0 Å². The van der Waals surface area contributed by atoms with Gasteiger partial charge in [0, 0.05) is 18.4 Å². The lowest BCUT2D eigenvalue weighted by Gasteiger charge is -2.29. The Morgan fingerprint density at radius 2 is 1.80 bits per heavy atom. The summed E-state index contributed by atoms with van der Waals surface area (Å²) < 4.78 is 1.22. The van der Waals surface area contributed by atoms with Crippen LogP contribution in [0.3, 0.4) is 0 Å². The van der Waals surface area contributed by atoms with Gasteiger partial charge in [-0.05, 0) is 5.56 Å². The number of hydrogen-bond acceptors (Lipinski definition) is 0. The summed E-state index contributed by atoms with van der Waals surface area (Å²) in [5, 5.41) is 0. The van der Waals surface area contributed by atoms with Crippen molar-refractivity contribution in [3.8, 4) is 0 Å². The molecule has 0 saturated carbocycles. The normalized spacial score (nSPS) is 19.0. The lowest BCUT2D eigenvalue weighted by atomic mass is 10.1. The Morgan fingerprint density at radius 3 is 2.33 bits per heavy atom. The highest BCUT2D eigenvalue weighted by Gasteiger charge is 2.26. The first-order valence-corrected chi connectivity index (χ1v) is 5.77. The summed E-state index contributed by atoms with van der Waals surface area (Å²) in [6, 6.07) is 8.78. The zero-order valence-electron chi connectivity index (χ0n) is 9.58. The van der Waals surface area contributed by atoms with E-state index in [1.807, 2.05) is 6.08 Å². The molecule has 0 aliphatic carbocycles. The molecule has 1 fully saturated rings. The number of quaternary nitrogens is 1. The third kappa shape index (κ3) is 2.48. The summed E-state index contributed by atoms with van der Waals surface area (Å²) in [5.41, 5.74) is 2.66. The fourth-order valence-corrected chi connectivity index (χ4v) is 2.46. The smallest absolute Gasteiger partial charge is 0.104 e. The van der Waals surface area contributed by atoms with Crippen LogP contribution in [0, 0.1) is 0 Å². The highest BCUT2D eigenvalue weighted by molar-refractivity contribution is 5.47. The first-order valence-electron chi connectivity index (χ1n) is 5.77. The van der Waals surface area contributed by atoms with Crippen LogP contribution in [0.15, 0.2) is 30.8 Å². The molecule has 1 nitrogen and oxygen atoms in total. The van der Waals surface area contributed by atoms with Gasteiger partial charge in [0.15, 0.2) is 0 Å². The van der Waals surface area contributed by atoms with Gasteiger partial charge in [-0.1, -0.05) is 36.9 Å². The standard InChI is InChI=1S/C14H20N/c1-3-13-6-8-14(9-7-13)12-15(2)10-4-5-11-15/h3,6-9H,1,4-5,10-12H2,2H3/q+1. The Bertz CT molecular complexity index is 331. The second-order valence-electron chi connectivity index (χ2n) is 4.88. The van der Waals surface area contributed by atoms with E-state index in [4.69, 9.17) is 0 Å². The maximum absolute atomic E-state index is 3.77. The quantitative estimate of drug-likeness (QED) is 0.661. The van der Waals surface area contributed by atoms with Crippen molar-refractivity contribution in [3.63, 3.8) is 0 Å². The number of hydrogen-bond donors (Lipinski definition) is 0. The van der Waals surface area contributed by atoms with Gasteiger partial charge in [0.1, 0.15) is 6.54 Å². The fraction of sp³-hybridized carbons (Fsp3) is 0.429. The van der Waals surface area contributed by atoms with Crippen molar-refractivity contribution in [2.24, 2.45) is 0 Å². The third-order valence-electron chi connectivity index (χ3n) is 3.43. The molecule has 1 heterocycles. The number of benzene rings is 1. The van der Waals surface area contributed by atoms with E-state index in [9.17, 15) is 0 Å². The molecule has 2 rings (SSSR count). The summed E-state index contributed by atoms with van der Waals surface area (Å²) >= 11 is 0. The molecule has 80 valence electrons. The van der Waals surface area contributed by atoms with Crippen LogP contribution in [0.5, 0.6) is 0 Å². The predicted octanol–water partition coefficient (Wildman–Crippen LogP) is 3.07. The monoisotopic (exact) mass is 202 g/mol. The minimum Gasteiger partial charge on any atom is -0.322 e. The van der Waals surface area contributed by atoms with E-state index in [0.717, 1.165) is 0 Å². The maximum Gasteiger partial charge on any atom is 0.104 e. The Balaban J connectivity index is 2.07. The average molecular weight is 202 g/mol. The summed E-state index contributed by atoms with van der Waals surface area (Å²) in [7, 11) is 2.37. The zero-order chi connectivity index (χ0) is 10.7. The van der Waals surface area contributed by atoms with Crippen molar-refractivity contribution in [1.82, 2.24) is 0 Å². The van der Waals surface area contributed by atoms with Gasteiger partial charge < -0.3 is 4.48 Å². The molecule has 1 aliphatic rings. The molecule has 15 heavy (non-hydrogen) atoms. The maximum atomic E-state index is 3.77. The first-order chi connectivity index (χ1) is 7.22. The molecule has 1 saturated heterocycles. The van der Waals surface area contributed by atoms with Gasteiger partial charge in [0.2, 0.25) is 0 Å². The number of likely N-dealkylation sites (tertiary alicyclic amines) is 1. The topological polar surface area (TPSA) is 0 Å². The molecule has 0 atom stereocenters. The summed E-state index contributed by atoms with van der Waals surface area (Å²) in [4.78, 5) is 0. The van der Waals surface area contributed by atoms with Crippen LogP contribution in [0.2, 0.25) is 0 Å². The second kappa shape index (κ2) is 4.19. The molecule has 0 bridgehead atoms. The summed E-state index contributed by atoms with van der Waals surface area (Å²) in [6.45, 7) is 7.62. The van der Waals surface area contributed by atoms with Gasteiger partial charge in [-0.25, -0.2) is 0 Å². The number of nitrogens with zero attached hydrogens (tertiary/aromatic N) is 1. The van der Waals surface area contributed by atoms with Crippen molar-refractivity contribution in [2.75, 3.05) is 20.1 Å². The van der Waals surface area contributed by atoms with Crippen LogP contribution in [-0.4, -0.2) is 24.6 Å². The average Bonchev–Trinajstić information content (AvgIpc) is 2.66. The van der Waals surface area contributed by atoms with Crippen LogP contribution < -0.4 is 0 Å². The largest absolute Gasteiger partial charge is 0.322 e. The van der Waals surface area contributed by atoms with Crippen molar-refractivity contribution in [1.29, 1.82) is 0 Å². The highest BCUT2D eigenvalue weighted by atomic mass is 15.3. The Labute approximate surface area is 92.6 Å². The van der Waals surface area contributed by atoms with E-state index in [-0.39, 0.29) is 0 Å². The number of rotatable bonds is 3. The molecule has 0 N–H and O–H groups in total. The Morgan fingerprint density at radius 1 is 1.20 bits per heavy atom. The lowest BCUT2D eigenvalue weighted by Crippen LogP contribution is -2.39. The van der Waals surface area contributed by atoms with Gasteiger partial charge >= 0.3 is 0 Å². The molecule has 1 aromatic carbocycles. The predicted molar refractivity (Wildman–Crippen MR) is 65.4 cm³/mol. The van der Waals surface area contributed by atoms with Gasteiger partial charge in [-0.15, -0.1) is 0 Å². The molecular formula is C14H20N+. The Hall–Kier alpha value is -1.08. The van der Waals surface area contributed by atoms with E-state index in [0.29, 0.717) is 0 Å². The molecule has 0 unspecified atom stereocenters. The van der Waals surface area contributed by atoms with Gasteiger partial charge in [0.05, 0.1) is 20.1 Å². The highest BCUT2D eigenvalue weighted by Crippen LogP contribution is 2.20. The van der Waals surface area contributed by atoms with Crippen molar-refractivity contribution < 1.29 is 4.48 Å². The summed E-state index contributed by atoms with van der Waals surface area (Å²) in [5.74, 6) is 0. The molecule has 0 amide bonds. The Kier molecular flexibility index (Phi) is 2.92. The molecular weight excluding hydrogens is 182 g/mol. The van der Waals surface area contributed by atoms with Gasteiger partial charge in [0.25, 0.3) is 0 Å². The minimum atomic E-state index is 1.18. The van der Waals surface area contributed by atoms with E-state index >= 15 is 0 Å². The minimum absolute atomic E-state index is 1.18. The van der Waals surface area contributed by atoms with Crippen LogP contribution in [0.1, 0.15) is 24.0 Å². The van der Waals surface area contributed by atoms with Crippen molar-refractivity contribution >= 4 is 6.08 Å². The summed E-state index contributed by atoms with van der Waals surface area (Å²) in [6.07, 6.45) is 4.68. The fourth-order valence-electron chi connectivity index (χ4n) is 2.46. The third-order valence-corrected chi connectivity index (χ3v) is 3.43. The van der Waals surface area contributed by atoms with E-state index in [2.05, 4.69) is 37.9 Å². The van der Waals surface area contributed by atoms with Crippen molar-refractivity contribution in [2.45, 2.75) is 19.4 Å². The molecule has 0 radical (unpaired) electrons. The molecule has 0 aromatic heterocycles. The first kappa shape index (κ1) is 10.4. The van der Waals surface area contributed by atoms with Crippen LogP contribution in [0.4, 0.5) is 0 Å². The zero-order valence-corrected chi connectivity index (χ0v) is 9.58. The van der Waals surface area contributed by atoms with E-state index < -0.39 is 0 Å². The molecule has 1 aliphatic heterocycles. The van der Waals surface area contributed by atoms with Crippen LogP contribution in [0.25, 0.3) is 6.08 Å².